The molecule has 7 heteroatoms. The number of hydrogen-bond acceptors (Lipinski definition) is 5. The third-order valence-electron chi connectivity index (χ3n) is 2.62. The Hall–Kier alpha value is -2.18. The normalized spacial score (nSPS) is 12.8. The lowest BCUT2D eigenvalue weighted by Crippen LogP contribution is -2.33. The molecule has 0 aliphatic carbocycles. The molecule has 0 aliphatic rings. The fourth-order valence-corrected chi connectivity index (χ4v) is 1.63. The van der Waals surface area contributed by atoms with Crippen LogP contribution >= 0.6 is 0 Å². The molecule has 0 aromatic carbocycles. The Morgan fingerprint density at radius 1 is 1.45 bits per heavy atom. The maximum atomic E-state index is 11.9. The summed E-state index contributed by atoms with van der Waals surface area (Å²) in [6, 6.07) is 0.208. The van der Waals surface area contributed by atoms with Crippen LogP contribution in [0.15, 0.2) is 17.1 Å². The van der Waals surface area contributed by atoms with E-state index in [1.54, 1.807) is 20.8 Å². The van der Waals surface area contributed by atoms with Crippen molar-refractivity contribution in [1.29, 1.82) is 0 Å². The van der Waals surface area contributed by atoms with Crippen molar-refractivity contribution < 1.29 is 14.5 Å². The molecule has 0 radical (unpaired) electrons. The van der Waals surface area contributed by atoms with Gasteiger partial charge >= 0.3 is 5.97 Å². The molecular weight excluding hydrogens is 264 g/mol. The molecule has 1 heterocycles. The number of carbonyl (C=O) groups is 1. The number of rotatable bonds is 3. The minimum absolute atomic E-state index is 0.208. The van der Waals surface area contributed by atoms with E-state index in [-0.39, 0.29) is 11.3 Å². The summed E-state index contributed by atoms with van der Waals surface area (Å²) in [5.74, 6) is -0.613. The first kappa shape index (κ1) is 15.9. The van der Waals surface area contributed by atoms with E-state index in [0.29, 0.717) is 0 Å². The van der Waals surface area contributed by atoms with Crippen molar-refractivity contribution >= 4 is 11.7 Å². The summed E-state index contributed by atoms with van der Waals surface area (Å²) in [5.41, 5.74) is -1.12. The van der Waals surface area contributed by atoms with E-state index in [2.05, 4.69) is 0 Å². The van der Waals surface area contributed by atoms with Crippen LogP contribution in [0.1, 0.15) is 39.3 Å². The van der Waals surface area contributed by atoms with E-state index in [0.717, 1.165) is 16.8 Å². The Balaban J connectivity index is 3.19. The molecule has 1 atom stereocenters. The molecule has 20 heavy (non-hydrogen) atoms. The number of esters is 1. The standard InChI is InChI=1S/C13H18N2O5/c1-8-6-11(16)14(7-10(8)15(18)19)9(2)12(17)20-13(3,4)5/h6-7,9H,1-5H3. The van der Waals surface area contributed by atoms with Crippen LogP contribution in [0, 0.1) is 17.0 Å². The molecule has 7 nitrogen and oxygen atoms in total. The molecule has 0 saturated heterocycles. The van der Waals surface area contributed by atoms with Crippen molar-refractivity contribution in [2.75, 3.05) is 0 Å². The van der Waals surface area contributed by atoms with Crippen molar-refractivity contribution in [3.05, 3.63) is 38.3 Å². The van der Waals surface area contributed by atoms with Gasteiger partial charge in [0, 0.05) is 11.6 Å². The monoisotopic (exact) mass is 282 g/mol. The molecule has 1 aromatic heterocycles. The smallest absolute Gasteiger partial charge is 0.329 e. The van der Waals surface area contributed by atoms with E-state index in [1.165, 1.54) is 13.8 Å². The highest BCUT2D eigenvalue weighted by molar-refractivity contribution is 5.74. The summed E-state index contributed by atoms with van der Waals surface area (Å²) < 4.78 is 6.18. The lowest BCUT2D eigenvalue weighted by Gasteiger charge is -2.23. The lowest BCUT2D eigenvalue weighted by atomic mass is 10.2. The maximum absolute atomic E-state index is 11.9. The van der Waals surface area contributed by atoms with Crippen LogP contribution in [0.2, 0.25) is 0 Å². The fourth-order valence-electron chi connectivity index (χ4n) is 1.63. The van der Waals surface area contributed by atoms with E-state index in [4.69, 9.17) is 4.74 Å². The van der Waals surface area contributed by atoms with Gasteiger partial charge in [-0.25, -0.2) is 4.79 Å². The molecule has 1 unspecified atom stereocenters. The number of nitrogens with zero attached hydrogens (tertiary/aromatic N) is 2. The number of hydrogen-bond donors (Lipinski definition) is 0. The van der Waals surface area contributed by atoms with Crippen LogP contribution in [0.4, 0.5) is 5.69 Å². The topological polar surface area (TPSA) is 91.4 Å². The van der Waals surface area contributed by atoms with Crippen LogP contribution in [-0.4, -0.2) is 21.1 Å². The molecule has 1 aromatic rings. The summed E-state index contributed by atoms with van der Waals surface area (Å²) in [6.07, 6.45) is 1.08. The quantitative estimate of drug-likeness (QED) is 0.480. The van der Waals surface area contributed by atoms with Gasteiger partial charge in [0.05, 0.1) is 11.1 Å². The number of aryl methyl sites for hydroxylation is 1. The Morgan fingerprint density at radius 3 is 2.45 bits per heavy atom. The van der Waals surface area contributed by atoms with Crippen LogP contribution in [-0.2, 0) is 9.53 Å². The number of aromatic nitrogens is 1. The third kappa shape index (κ3) is 3.66. The number of nitro groups is 1. The van der Waals surface area contributed by atoms with Gasteiger partial charge in [-0.3, -0.25) is 19.5 Å². The molecule has 0 amide bonds. The largest absolute Gasteiger partial charge is 0.458 e. The average molecular weight is 282 g/mol. The summed E-state index contributed by atoms with van der Waals surface area (Å²) in [4.78, 5) is 34.1. The van der Waals surface area contributed by atoms with Gasteiger partial charge in [0.1, 0.15) is 11.6 Å². The second kappa shape index (κ2) is 5.44. The van der Waals surface area contributed by atoms with Gasteiger partial charge < -0.3 is 4.74 Å². The molecule has 0 bridgehead atoms. The van der Waals surface area contributed by atoms with Crippen LogP contribution < -0.4 is 5.56 Å². The molecule has 0 fully saturated rings. The fraction of sp³-hybridized carbons (Fsp3) is 0.538. The molecular formula is C13H18N2O5. The van der Waals surface area contributed by atoms with Gasteiger partial charge in [0.2, 0.25) is 0 Å². The molecule has 0 aliphatic heterocycles. The summed E-state index contributed by atoms with van der Waals surface area (Å²) in [5, 5.41) is 10.9. The predicted molar refractivity (Wildman–Crippen MR) is 72.6 cm³/mol. The van der Waals surface area contributed by atoms with E-state index in [1.807, 2.05) is 0 Å². The summed E-state index contributed by atoms with van der Waals surface area (Å²) in [7, 11) is 0. The van der Waals surface area contributed by atoms with Crippen molar-refractivity contribution in [1.82, 2.24) is 4.57 Å². The molecule has 0 N–H and O–H groups in total. The lowest BCUT2D eigenvalue weighted by molar-refractivity contribution is -0.386. The van der Waals surface area contributed by atoms with Gasteiger partial charge in [-0.05, 0) is 34.6 Å². The maximum Gasteiger partial charge on any atom is 0.329 e. The molecule has 0 spiro atoms. The number of carbonyl (C=O) groups excluding carboxylic acids is 1. The Kier molecular flexibility index (Phi) is 4.32. The number of ether oxygens (including phenoxy) is 1. The predicted octanol–water partition coefficient (Wildman–Crippen LogP) is 1.97. The second-order valence-electron chi connectivity index (χ2n) is 5.55. The Morgan fingerprint density at radius 2 is 2.00 bits per heavy atom. The Labute approximate surface area is 116 Å². The van der Waals surface area contributed by atoms with E-state index >= 15 is 0 Å². The van der Waals surface area contributed by atoms with Gasteiger partial charge in [0.15, 0.2) is 0 Å². The number of pyridine rings is 1. The first-order valence-electron chi connectivity index (χ1n) is 6.13. The average Bonchev–Trinajstić information content (AvgIpc) is 2.25. The van der Waals surface area contributed by atoms with Gasteiger partial charge in [0.25, 0.3) is 11.2 Å². The highest BCUT2D eigenvalue weighted by Crippen LogP contribution is 2.18. The van der Waals surface area contributed by atoms with E-state index in [9.17, 15) is 19.7 Å². The highest BCUT2D eigenvalue weighted by atomic mass is 16.6. The Bertz CT molecular complexity index is 598. The van der Waals surface area contributed by atoms with E-state index < -0.39 is 28.1 Å². The summed E-state index contributed by atoms with van der Waals surface area (Å²) in [6.45, 7) is 8.06. The van der Waals surface area contributed by atoms with Crippen molar-refractivity contribution in [2.45, 2.75) is 46.3 Å². The van der Waals surface area contributed by atoms with Gasteiger partial charge in [-0.1, -0.05) is 0 Å². The summed E-state index contributed by atoms with van der Waals surface area (Å²) >= 11 is 0. The zero-order chi connectivity index (χ0) is 15.7. The van der Waals surface area contributed by atoms with Gasteiger partial charge in [-0.15, -0.1) is 0 Å². The van der Waals surface area contributed by atoms with Crippen LogP contribution in [0.3, 0.4) is 0 Å². The highest BCUT2D eigenvalue weighted by Gasteiger charge is 2.25. The van der Waals surface area contributed by atoms with Crippen molar-refractivity contribution in [2.24, 2.45) is 0 Å². The zero-order valence-corrected chi connectivity index (χ0v) is 12.2. The molecule has 0 saturated carbocycles. The molecule has 1 rings (SSSR count). The SMILES string of the molecule is Cc1cc(=O)n(C(C)C(=O)OC(C)(C)C)cc1[N+](=O)[O-]. The van der Waals surface area contributed by atoms with Crippen molar-refractivity contribution in [3.8, 4) is 0 Å². The third-order valence-corrected chi connectivity index (χ3v) is 2.62. The minimum Gasteiger partial charge on any atom is -0.458 e. The van der Waals surface area contributed by atoms with Gasteiger partial charge in [-0.2, -0.15) is 0 Å². The second-order valence-corrected chi connectivity index (χ2v) is 5.55. The van der Waals surface area contributed by atoms with Crippen LogP contribution in [0.25, 0.3) is 0 Å². The molecule has 110 valence electrons. The van der Waals surface area contributed by atoms with Crippen molar-refractivity contribution in [3.63, 3.8) is 0 Å². The zero-order valence-electron chi connectivity index (χ0n) is 12.2. The van der Waals surface area contributed by atoms with Crippen LogP contribution in [0.5, 0.6) is 0 Å². The first-order valence-corrected chi connectivity index (χ1v) is 6.13. The minimum atomic E-state index is -0.930. The first-order chi connectivity index (χ1) is 9.03.